The second-order valence-electron chi connectivity index (χ2n) is 6.91. The highest BCUT2D eigenvalue weighted by Crippen LogP contribution is 2.36. The molecule has 1 aliphatic rings. The number of nitrogens with zero attached hydrogens (tertiary/aromatic N) is 1. The summed E-state index contributed by atoms with van der Waals surface area (Å²) in [4.78, 5) is 11.9. The maximum atomic E-state index is 11.9. The van der Waals surface area contributed by atoms with Crippen molar-refractivity contribution in [3.63, 3.8) is 0 Å². The Balaban J connectivity index is -0.0000000563. The van der Waals surface area contributed by atoms with Crippen LogP contribution in [0.3, 0.4) is 0 Å². The number of piperidine rings is 1. The molecule has 1 fully saturated rings. The van der Waals surface area contributed by atoms with Gasteiger partial charge in [0.25, 0.3) is 5.91 Å². The first-order valence-electron chi connectivity index (χ1n) is 7.95. The smallest absolute Gasteiger partial charge is 0.297 e. The number of hydrogen-bond acceptors (Lipinski definition) is 3. The number of carbonyl (C=O) groups excluding carboxylic acids is 1. The minimum atomic E-state index is -0.436. The molecule has 0 saturated carbocycles. The Kier molecular flexibility index (Phi) is 7.43. The molecule has 2 N–H and O–H groups in total. The van der Waals surface area contributed by atoms with Crippen molar-refractivity contribution in [2.75, 3.05) is 0 Å². The standard InChI is InChI=1S/C22H20N2O2.12H2/c1-6-7-8-9-10-11-12-13-14-15-16-20(25)23-19-17-21(2,3)24(26)22(4,5)18-19;;;;;;;;;;;;/h1,19,26H,17-18H2,2-5H3,(H,23,25);12*1H. The summed E-state index contributed by atoms with van der Waals surface area (Å²) < 4.78 is 0. The first-order chi connectivity index (χ1) is 12.2. The van der Waals surface area contributed by atoms with Gasteiger partial charge in [-0.2, -0.15) is 5.06 Å². The molecule has 4 nitrogen and oxygen atoms in total. The van der Waals surface area contributed by atoms with Gasteiger partial charge in [-0.1, -0.05) is 0 Å². The third-order valence-corrected chi connectivity index (χ3v) is 3.72. The molecule has 0 radical (unpaired) electrons. The number of nitrogens with one attached hydrogen (secondary N) is 1. The fourth-order valence-electron chi connectivity index (χ4n) is 2.94. The molecule has 0 aromatic rings. The van der Waals surface area contributed by atoms with E-state index in [2.05, 4.69) is 70.4 Å². The van der Waals surface area contributed by atoms with Crippen LogP contribution in [0.2, 0.25) is 0 Å². The number of hydrogen-bond donors (Lipinski definition) is 2. The molecule has 0 spiro atoms. The van der Waals surface area contributed by atoms with Crippen LogP contribution in [0.15, 0.2) is 0 Å². The van der Waals surface area contributed by atoms with Gasteiger partial charge in [-0.25, -0.2) is 0 Å². The van der Waals surface area contributed by atoms with E-state index in [-0.39, 0.29) is 23.2 Å². The van der Waals surface area contributed by atoms with Gasteiger partial charge in [0.1, 0.15) is 0 Å². The van der Waals surface area contributed by atoms with Gasteiger partial charge >= 0.3 is 0 Å². The average Bonchev–Trinajstić information content (AvgIpc) is 2.53. The molecule has 1 rings (SSSR count). The average molecular weight is 369 g/mol. The summed E-state index contributed by atoms with van der Waals surface area (Å²) in [6.45, 7) is 7.74. The van der Waals surface area contributed by atoms with Crippen LogP contribution >= 0.6 is 0 Å². The zero-order valence-electron chi connectivity index (χ0n) is 15.4. The van der Waals surface area contributed by atoms with Gasteiger partial charge in [-0.3, -0.25) is 4.79 Å². The van der Waals surface area contributed by atoms with Crippen LogP contribution in [0.4, 0.5) is 0 Å². The largest absolute Gasteiger partial charge is 0.342 e. The van der Waals surface area contributed by atoms with Crippen LogP contribution in [-0.4, -0.2) is 33.3 Å². The number of amides is 1. The maximum absolute atomic E-state index is 11.9. The van der Waals surface area contributed by atoms with Crippen molar-refractivity contribution in [2.24, 2.45) is 0 Å². The summed E-state index contributed by atoms with van der Waals surface area (Å²) in [6.07, 6.45) is 6.18. The van der Waals surface area contributed by atoms with Crippen molar-refractivity contribution in [1.82, 2.24) is 10.4 Å². The first kappa shape index (κ1) is 20.8. The lowest BCUT2D eigenvalue weighted by Crippen LogP contribution is -2.62. The maximum Gasteiger partial charge on any atom is 0.297 e. The van der Waals surface area contributed by atoms with E-state index in [1.807, 2.05) is 27.7 Å². The topological polar surface area (TPSA) is 52.6 Å². The molecule has 0 aromatic carbocycles. The third kappa shape index (κ3) is 6.70. The Hall–Kier alpha value is -3.25. The van der Waals surface area contributed by atoms with Crippen molar-refractivity contribution in [3.05, 3.63) is 0 Å². The molecule has 0 bridgehead atoms. The molecular formula is C22H44N2O2. The van der Waals surface area contributed by atoms with E-state index in [4.69, 9.17) is 6.42 Å². The molecule has 154 valence electrons. The van der Waals surface area contributed by atoms with E-state index in [1.165, 1.54) is 5.06 Å². The minimum Gasteiger partial charge on any atom is -0.342 e. The van der Waals surface area contributed by atoms with Crippen LogP contribution < -0.4 is 5.32 Å². The van der Waals surface area contributed by atoms with E-state index in [0.29, 0.717) is 12.8 Å². The van der Waals surface area contributed by atoms with Crippen LogP contribution in [0.1, 0.15) is 57.7 Å². The van der Waals surface area contributed by atoms with Gasteiger partial charge in [0.2, 0.25) is 0 Å². The predicted molar refractivity (Wildman–Crippen MR) is 126 cm³/mol. The van der Waals surface area contributed by atoms with Gasteiger partial charge in [0.15, 0.2) is 0 Å². The lowest BCUT2D eigenvalue weighted by atomic mass is 9.79. The fraction of sp³-hybridized carbons (Fsp3) is 0.409. The summed E-state index contributed by atoms with van der Waals surface area (Å²) in [5.41, 5.74) is -0.873. The Morgan fingerprint density at radius 3 is 1.85 bits per heavy atom. The van der Waals surface area contributed by atoms with Crippen molar-refractivity contribution in [1.29, 1.82) is 0 Å². The van der Waals surface area contributed by atoms with E-state index in [1.54, 1.807) is 0 Å². The molecule has 0 aromatic heterocycles. The van der Waals surface area contributed by atoms with Crippen LogP contribution in [0, 0.1) is 71.5 Å². The highest BCUT2D eigenvalue weighted by Gasteiger charge is 2.45. The Bertz CT molecular complexity index is 924. The highest BCUT2D eigenvalue weighted by atomic mass is 16.5. The summed E-state index contributed by atoms with van der Waals surface area (Å²) >= 11 is 0. The van der Waals surface area contributed by atoms with Gasteiger partial charge in [0, 0.05) is 40.2 Å². The summed E-state index contributed by atoms with van der Waals surface area (Å²) in [7, 11) is 0. The summed E-state index contributed by atoms with van der Waals surface area (Å²) in [6, 6.07) is -0.0719. The predicted octanol–water partition coefficient (Wildman–Crippen LogP) is 4.12. The van der Waals surface area contributed by atoms with Crippen molar-refractivity contribution < 1.29 is 27.1 Å². The zero-order valence-corrected chi connectivity index (χ0v) is 15.4. The van der Waals surface area contributed by atoms with Gasteiger partial charge in [0.05, 0.1) is 0 Å². The van der Waals surface area contributed by atoms with Crippen molar-refractivity contribution >= 4 is 5.91 Å². The number of terminal acetylenes is 1. The van der Waals surface area contributed by atoms with E-state index in [9.17, 15) is 10.0 Å². The zero-order chi connectivity index (χ0) is 19.6. The second-order valence-corrected chi connectivity index (χ2v) is 6.91. The van der Waals surface area contributed by atoms with Crippen LogP contribution in [-0.2, 0) is 4.79 Å². The Labute approximate surface area is 173 Å². The third-order valence-electron chi connectivity index (χ3n) is 3.72. The number of hydroxylamine groups is 2. The molecule has 0 aliphatic carbocycles. The fourth-order valence-corrected chi connectivity index (χ4v) is 2.94. The van der Waals surface area contributed by atoms with E-state index >= 15 is 0 Å². The van der Waals surface area contributed by atoms with Crippen LogP contribution in [0.5, 0.6) is 0 Å². The number of rotatable bonds is 1. The monoisotopic (exact) mass is 368 g/mol. The van der Waals surface area contributed by atoms with Crippen molar-refractivity contribution in [2.45, 2.75) is 57.7 Å². The highest BCUT2D eigenvalue weighted by molar-refractivity contribution is 5.94. The first-order valence-corrected chi connectivity index (χ1v) is 7.95. The minimum absolute atomic E-state index is 0. The van der Waals surface area contributed by atoms with Gasteiger partial charge in [-0.15, -0.1) is 6.42 Å². The lowest BCUT2D eigenvalue weighted by molar-refractivity contribution is -0.245. The molecule has 1 aliphatic heterocycles. The van der Waals surface area contributed by atoms with E-state index in [0.717, 1.165) is 0 Å². The molecule has 4 heteroatoms. The van der Waals surface area contributed by atoms with E-state index < -0.39 is 17.0 Å². The lowest BCUT2D eigenvalue weighted by Gasteiger charge is -2.51. The molecule has 1 saturated heterocycles. The molecular weight excluding hydrogens is 324 g/mol. The molecule has 1 heterocycles. The molecule has 26 heavy (non-hydrogen) atoms. The van der Waals surface area contributed by atoms with Crippen LogP contribution in [0.25, 0.3) is 0 Å². The van der Waals surface area contributed by atoms with Crippen molar-refractivity contribution in [3.8, 4) is 71.5 Å². The SMILES string of the molecule is C#CC#CC#CC#CC#CC#CC(=O)NC1CC(C)(C)N(O)C(C)(C)C1.[HH].[HH].[HH].[HH].[HH].[HH].[HH].[HH].[HH].[HH].[HH].[HH]. The summed E-state index contributed by atoms with van der Waals surface area (Å²) in [5, 5.41) is 14.5. The molecule has 0 unspecified atom stereocenters. The number of carbonyl (C=O) groups is 1. The Morgan fingerprint density at radius 2 is 1.38 bits per heavy atom. The normalized spacial score (nSPS) is 16.8. The quantitative estimate of drug-likeness (QED) is 0.685. The summed E-state index contributed by atoms with van der Waals surface area (Å²) in [5.74, 6) is 26.1. The van der Waals surface area contributed by atoms with Gasteiger partial charge < -0.3 is 10.5 Å². The Morgan fingerprint density at radius 1 is 0.962 bits per heavy atom. The molecule has 0 atom stereocenters. The molecule has 1 amide bonds. The second kappa shape index (κ2) is 9.29. The van der Waals surface area contributed by atoms with Gasteiger partial charge in [-0.05, 0) is 99.7 Å².